The Kier molecular flexibility index (Phi) is 5.57. The molecule has 0 N–H and O–H groups in total. The van der Waals surface area contributed by atoms with Crippen LogP contribution in [0.25, 0.3) is 66.1 Å². The van der Waals surface area contributed by atoms with Crippen LogP contribution in [0.5, 0.6) is 0 Å². The second-order valence-electron chi connectivity index (χ2n) is 9.73. The number of hydrogen-bond acceptors (Lipinski definition) is 0. The summed E-state index contributed by atoms with van der Waals surface area (Å²) in [6, 6.07) is 56.8. The number of fused-ring (bicyclic) bond motifs is 2. The summed E-state index contributed by atoms with van der Waals surface area (Å²) in [4.78, 5) is 0. The Balaban J connectivity index is 1.35. The van der Waals surface area contributed by atoms with Gasteiger partial charge >= 0.3 is 0 Å². The van der Waals surface area contributed by atoms with Crippen molar-refractivity contribution in [1.29, 1.82) is 0 Å². The summed E-state index contributed by atoms with van der Waals surface area (Å²) in [6.45, 7) is 0. The van der Waals surface area contributed by atoms with Gasteiger partial charge in [-0.05, 0) is 66.1 Å². The van der Waals surface area contributed by atoms with Gasteiger partial charge in [-0.2, -0.15) is 0 Å². The molecule has 0 amide bonds. The third kappa shape index (κ3) is 3.88. The summed E-state index contributed by atoms with van der Waals surface area (Å²) in [6.07, 6.45) is 0. The minimum absolute atomic E-state index is 1.22. The fourth-order valence-electron chi connectivity index (χ4n) is 5.67. The van der Waals surface area contributed by atoms with Crippen LogP contribution in [0.2, 0.25) is 0 Å². The summed E-state index contributed by atoms with van der Waals surface area (Å²) in [5.74, 6) is 0. The van der Waals surface area contributed by atoms with Gasteiger partial charge in [0.25, 0.3) is 0 Å². The Hall–Kier alpha value is -4.94. The molecule has 0 aliphatic carbocycles. The highest BCUT2D eigenvalue weighted by molar-refractivity contribution is 6.21. The molecule has 0 fully saturated rings. The van der Waals surface area contributed by atoms with Gasteiger partial charge in [-0.1, -0.05) is 158 Å². The van der Waals surface area contributed by atoms with E-state index in [-0.39, 0.29) is 0 Å². The number of hydrogen-bond donors (Lipinski definition) is 0. The van der Waals surface area contributed by atoms with Crippen LogP contribution >= 0.6 is 0 Å². The molecule has 0 aliphatic heterocycles. The van der Waals surface area contributed by atoms with Gasteiger partial charge in [0, 0.05) is 0 Å². The highest BCUT2D eigenvalue weighted by Gasteiger charge is 2.16. The third-order valence-electron chi connectivity index (χ3n) is 7.49. The van der Waals surface area contributed by atoms with Crippen molar-refractivity contribution < 1.29 is 0 Å². The molecule has 0 unspecified atom stereocenters. The molecule has 0 aliphatic rings. The molecule has 7 aromatic rings. The second kappa shape index (κ2) is 9.50. The summed E-state index contributed by atoms with van der Waals surface area (Å²) >= 11 is 0. The predicted molar refractivity (Wildman–Crippen MR) is 163 cm³/mol. The Morgan fingerprint density at radius 1 is 0.184 bits per heavy atom. The Bertz CT molecular complexity index is 1810. The van der Waals surface area contributed by atoms with Crippen LogP contribution in [0.1, 0.15) is 0 Å². The van der Waals surface area contributed by atoms with E-state index in [1.54, 1.807) is 0 Å². The van der Waals surface area contributed by atoms with Crippen molar-refractivity contribution in [3.63, 3.8) is 0 Å². The summed E-state index contributed by atoms with van der Waals surface area (Å²) in [5, 5.41) is 5.14. The molecule has 38 heavy (non-hydrogen) atoms. The lowest BCUT2D eigenvalue weighted by molar-refractivity contribution is 1.59. The lowest BCUT2D eigenvalue weighted by atomic mass is 9.86. The lowest BCUT2D eigenvalue weighted by Gasteiger charge is -2.18. The van der Waals surface area contributed by atoms with Crippen LogP contribution in [-0.2, 0) is 0 Å². The largest absolute Gasteiger partial charge is 0.0622 e. The maximum Gasteiger partial charge on any atom is -0.00264 e. The molecule has 0 bridgehead atoms. The monoisotopic (exact) mass is 482 g/mol. The fourth-order valence-corrected chi connectivity index (χ4v) is 5.67. The first kappa shape index (κ1) is 22.3. The van der Waals surface area contributed by atoms with E-state index >= 15 is 0 Å². The maximum atomic E-state index is 2.27. The maximum absolute atomic E-state index is 2.27. The first-order valence-corrected chi connectivity index (χ1v) is 13.1. The van der Waals surface area contributed by atoms with Crippen molar-refractivity contribution in [2.75, 3.05) is 0 Å². The van der Waals surface area contributed by atoms with E-state index in [2.05, 4.69) is 158 Å². The quantitative estimate of drug-likeness (QED) is 0.219. The SMILES string of the molecule is c1ccc(-c2ccc(-c3ccc(-c4c5ccccc5c(-c5ccccc5)c5ccccc45)cc3)cc2)cc1. The fraction of sp³-hybridized carbons (Fsp3) is 0. The van der Waals surface area contributed by atoms with E-state index < -0.39 is 0 Å². The van der Waals surface area contributed by atoms with Crippen molar-refractivity contribution in [1.82, 2.24) is 0 Å². The van der Waals surface area contributed by atoms with Gasteiger partial charge < -0.3 is 0 Å². The molecule has 0 heterocycles. The normalized spacial score (nSPS) is 11.2. The Morgan fingerprint density at radius 3 is 0.789 bits per heavy atom. The van der Waals surface area contributed by atoms with Gasteiger partial charge in [0.1, 0.15) is 0 Å². The molecule has 7 aromatic carbocycles. The zero-order valence-electron chi connectivity index (χ0n) is 21.0. The van der Waals surface area contributed by atoms with Crippen LogP contribution < -0.4 is 0 Å². The molecule has 0 saturated carbocycles. The molecule has 0 atom stereocenters. The summed E-state index contributed by atoms with van der Waals surface area (Å²) in [5.41, 5.74) is 10.0. The first-order chi connectivity index (χ1) is 18.9. The Labute approximate surface area is 223 Å². The molecule has 0 saturated heterocycles. The van der Waals surface area contributed by atoms with E-state index in [1.165, 1.54) is 66.1 Å². The van der Waals surface area contributed by atoms with Gasteiger partial charge in [-0.25, -0.2) is 0 Å². The van der Waals surface area contributed by atoms with E-state index in [4.69, 9.17) is 0 Å². The molecule has 0 aromatic heterocycles. The average molecular weight is 483 g/mol. The summed E-state index contributed by atoms with van der Waals surface area (Å²) in [7, 11) is 0. The minimum Gasteiger partial charge on any atom is -0.0622 e. The van der Waals surface area contributed by atoms with Gasteiger partial charge in [0.2, 0.25) is 0 Å². The highest BCUT2D eigenvalue weighted by atomic mass is 14.2. The average Bonchev–Trinajstić information content (AvgIpc) is 3.01. The van der Waals surface area contributed by atoms with Crippen LogP contribution in [-0.4, -0.2) is 0 Å². The zero-order valence-corrected chi connectivity index (χ0v) is 21.0. The van der Waals surface area contributed by atoms with Crippen LogP contribution in [0.15, 0.2) is 158 Å². The van der Waals surface area contributed by atoms with Gasteiger partial charge in [-0.3, -0.25) is 0 Å². The van der Waals surface area contributed by atoms with E-state index in [9.17, 15) is 0 Å². The second-order valence-corrected chi connectivity index (χ2v) is 9.73. The van der Waals surface area contributed by atoms with Gasteiger partial charge in [0.15, 0.2) is 0 Å². The highest BCUT2D eigenvalue weighted by Crippen LogP contribution is 2.43. The molecular weight excluding hydrogens is 456 g/mol. The van der Waals surface area contributed by atoms with Crippen molar-refractivity contribution in [2.45, 2.75) is 0 Å². The molecule has 7 rings (SSSR count). The van der Waals surface area contributed by atoms with Gasteiger partial charge in [0.05, 0.1) is 0 Å². The van der Waals surface area contributed by atoms with Crippen molar-refractivity contribution in [3.8, 4) is 44.5 Å². The van der Waals surface area contributed by atoms with Crippen molar-refractivity contribution in [3.05, 3.63) is 158 Å². The molecular formula is C38H26. The van der Waals surface area contributed by atoms with E-state index in [1.807, 2.05) is 0 Å². The number of benzene rings is 7. The first-order valence-electron chi connectivity index (χ1n) is 13.1. The van der Waals surface area contributed by atoms with Crippen LogP contribution in [0.3, 0.4) is 0 Å². The molecule has 178 valence electrons. The van der Waals surface area contributed by atoms with E-state index in [0.717, 1.165) is 0 Å². The van der Waals surface area contributed by atoms with Crippen LogP contribution in [0, 0.1) is 0 Å². The smallest absolute Gasteiger partial charge is 0.00264 e. The third-order valence-corrected chi connectivity index (χ3v) is 7.49. The summed E-state index contributed by atoms with van der Waals surface area (Å²) < 4.78 is 0. The minimum atomic E-state index is 1.22. The molecule has 0 spiro atoms. The van der Waals surface area contributed by atoms with E-state index in [0.29, 0.717) is 0 Å². The zero-order chi connectivity index (χ0) is 25.3. The predicted octanol–water partition coefficient (Wildman–Crippen LogP) is 10.7. The topological polar surface area (TPSA) is 0 Å². The van der Waals surface area contributed by atoms with Crippen molar-refractivity contribution >= 4 is 21.5 Å². The standard InChI is InChI=1S/C38H26/c1-3-11-27(12-4-1)28-19-21-29(22-20-28)30-23-25-32(26-24-30)38-35-17-9-7-15-33(35)37(31-13-5-2-6-14-31)34-16-8-10-18-36(34)38/h1-26H. The molecule has 0 nitrogen and oxygen atoms in total. The molecule has 0 radical (unpaired) electrons. The Morgan fingerprint density at radius 2 is 0.421 bits per heavy atom. The van der Waals surface area contributed by atoms with Crippen LogP contribution in [0.4, 0.5) is 0 Å². The molecule has 0 heteroatoms. The van der Waals surface area contributed by atoms with Crippen molar-refractivity contribution in [2.24, 2.45) is 0 Å². The van der Waals surface area contributed by atoms with Gasteiger partial charge in [-0.15, -0.1) is 0 Å². The lowest BCUT2D eigenvalue weighted by Crippen LogP contribution is -1.90. The number of rotatable bonds is 4.